The highest BCUT2D eigenvalue weighted by Crippen LogP contribution is 2.40. The predicted octanol–water partition coefficient (Wildman–Crippen LogP) is 10.5. The largest absolute Gasteiger partial charge is 0.454 e. The van der Waals surface area contributed by atoms with E-state index in [1.165, 1.54) is 43.4 Å². The van der Waals surface area contributed by atoms with Crippen molar-refractivity contribution in [1.29, 1.82) is 0 Å². The maximum Gasteiger partial charge on any atom is 0.159 e. The zero-order valence-electron chi connectivity index (χ0n) is 20.6. The minimum atomic E-state index is 0.884. The molecular formula is C36H23NO. The van der Waals surface area contributed by atoms with Crippen molar-refractivity contribution in [3.05, 3.63) is 133 Å². The monoisotopic (exact) mass is 485 g/mol. The molecule has 1 N–H and O–H groups in total. The van der Waals surface area contributed by atoms with Crippen molar-refractivity contribution in [3.63, 3.8) is 0 Å². The molecule has 0 saturated heterocycles. The van der Waals surface area contributed by atoms with Crippen LogP contribution in [0.1, 0.15) is 0 Å². The van der Waals surface area contributed by atoms with Gasteiger partial charge in [0.25, 0.3) is 0 Å². The van der Waals surface area contributed by atoms with Crippen molar-refractivity contribution in [2.45, 2.75) is 0 Å². The molecule has 0 atom stereocenters. The molecule has 8 aromatic rings. The third kappa shape index (κ3) is 3.35. The summed E-state index contributed by atoms with van der Waals surface area (Å²) < 4.78 is 6.40. The molecule has 0 bridgehead atoms. The Morgan fingerprint density at radius 3 is 1.92 bits per heavy atom. The molecule has 38 heavy (non-hydrogen) atoms. The average molecular weight is 486 g/mol. The van der Waals surface area contributed by atoms with Crippen LogP contribution in [0.25, 0.3) is 65.4 Å². The van der Waals surface area contributed by atoms with Crippen LogP contribution in [0, 0.1) is 0 Å². The number of hydrogen-bond acceptors (Lipinski definition) is 2. The van der Waals surface area contributed by atoms with Crippen LogP contribution in [0.3, 0.4) is 0 Å². The lowest BCUT2D eigenvalue weighted by molar-refractivity contribution is 0.670. The number of nitrogens with one attached hydrogen (secondary N) is 1. The van der Waals surface area contributed by atoms with Gasteiger partial charge in [0, 0.05) is 16.5 Å². The number of fused-ring (bicyclic) bond motifs is 7. The van der Waals surface area contributed by atoms with Crippen LogP contribution >= 0.6 is 0 Å². The van der Waals surface area contributed by atoms with Gasteiger partial charge >= 0.3 is 0 Å². The molecule has 0 amide bonds. The highest BCUT2D eigenvalue weighted by atomic mass is 16.3. The van der Waals surface area contributed by atoms with Crippen LogP contribution in [0.2, 0.25) is 0 Å². The van der Waals surface area contributed by atoms with E-state index in [1.807, 2.05) is 12.1 Å². The first kappa shape index (κ1) is 21.0. The second kappa shape index (κ2) is 8.22. The molecule has 0 spiro atoms. The van der Waals surface area contributed by atoms with E-state index in [9.17, 15) is 0 Å². The summed E-state index contributed by atoms with van der Waals surface area (Å²) in [5, 5.41) is 13.3. The molecule has 1 heterocycles. The molecular weight excluding hydrogens is 462 g/mol. The summed E-state index contributed by atoms with van der Waals surface area (Å²) in [6.07, 6.45) is 0. The van der Waals surface area contributed by atoms with Crippen molar-refractivity contribution in [1.82, 2.24) is 0 Å². The molecule has 178 valence electrons. The van der Waals surface area contributed by atoms with Crippen molar-refractivity contribution in [3.8, 4) is 11.1 Å². The van der Waals surface area contributed by atoms with Gasteiger partial charge in [-0.05, 0) is 79.8 Å². The van der Waals surface area contributed by atoms with E-state index >= 15 is 0 Å². The summed E-state index contributed by atoms with van der Waals surface area (Å²) in [5.41, 5.74) is 6.23. The molecule has 0 fully saturated rings. The van der Waals surface area contributed by atoms with Crippen LogP contribution in [-0.2, 0) is 0 Å². The summed E-state index contributed by atoms with van der Waals surface area (Å²) in [4.78, 5) is 0. The van der Waals surface area contributed by atoms with Gasteiger partial charge in [-0.1, -0.05) is 97.1 Å². The van der Waals surface area contributed by atoms with Crippen molar-refractivity contribution < 1.29 is 4.42 Å². The second-order valence-corrected chi connectivity index (χ2v) is 9.91. The van der Waals surface area contributed by atoms with Gasteiger partial charge in [0.2, 0.25) is 0 Å². The fourth-order valence-electron chi connectivity index (χ4n) is 5.70. The van der Waals surface area contributed by atoms with Crippen LogP contribution in [0.15, 0.2) is 138 Å². The van der Waals surface area contributed by atoms with E-state index in [4.69, 9.17) is 4.42 Å². The predicted molar refractivity (Wildman–Crippen MR) is 161 cm³/mol. The van der Waals surface area contributed by atoms with Crippen LogP contribution < -0.4 is 5.32 Å². The standard InChI is InChI=1S/C36H23NO/c1-2-8-25-19-26(15-13-23(25)7-1)27-16-14-24-17-18-30(21-29(24)20-27)37-33-22-28-9-3-4-10-31(28)35-32-11-5-6-12-34(32)38-36(33)35/h1-22,37H. The van der Waals surface area contributed by atoms with Crippen molar-refractivity contribution >= 4 is 65.6 Å². The SMILES string of the molecule is c1ccc2cc(-c3ccc4ccc(Nc5cc6ccccc6c6c5oc5ccccc56)cc4c3)ccc2c1. The summed E-state index contributed by atoms with van der Waals surface area (Å²) in [6, 6.07) is 47.4. The lowest BCUT2D eigenvalue weighted by Crippen LogP contribution is -1.92. The molecule has 0 aliphatic heterocycles. The molecule has 0 saturated carbocycles. The maximum absolute atomic E-state index is 6.40. The van der Waals surface area contributed by atoms with Gasteiger partial charge in [0.05, 0.1) is 5.69 Å². The Morgan fingerprint density at radius 2 is 1.08 bits per heavy atom. The van der Waals surface area contributed by atoms with Gasteiger partial charge in [0.1, 0.15) is 5.58 Å². The fourth-order valence-corrected chi connectivity index (χ4v) is 5.70. The lowest BCUT2D eigenvalue weighted by atomic mass is 9.98. The zero-order chi connectivity index (χ0) is 25.1. The van der Waals surface area contributed by atoms with Crippen molar-refractivity contribution in [2.75, 3.05) is 5.32 Å². The first-order valence-corrected chi connectivity index (χ1v) is 12.9. The Kier molecular flexibility index (Phi) is 4.55. The number of anilines is 2. The number of benzene rings is 7. The Morgan fingerprint density at radius 1 is 0.447 bits per heavy atom. The topological polar surface area (TPSA) is 25.2 Å². The third-order valence-corrected chi connectivity index (χ3v) is 7.57. The minimum Gasteiger partial charge on any atom is -0.454 e. The Balaban J connectivity index is 1.25. The summed E-state index contributed by atoms with van der Waals surface area (Å²) in [6.45, 7) is 0. The summed E-state index contributed by atoms with van der Waals surface area (Å²) in [5.74, 6) is 0. The first-order chi connectivity index (χ1) is 18.8. The maximum atomic E-state index is 6.40. The number of hydrogen-bond donors (Lipinski definition) is 1. The van der Waals surface area contributed by atoms with Gasteiger partial charge in [-0.3, -0.25) is 0 Å². The zero-order valence-corrected chi connectivity index (χ0v) is 20.6. The second-order valence-electron chi connectivity index (χ2n) is 9.91. The Bertz CT molecular complexity index is 2170. The normalized spacial score (nSPS) is 11.7. The molecule has 0 unspecified atom stereocenters. The number of rotatable bonds is 3. The molecule has 2 nitrogen and oxygen atoms in total. The summed E-state index contributed by atoms with van der Waals surface area (Å²) in [7, 11) is 0. The van der Waals surface area contributed by atoms with Gasteiger partial charge in [-0.25, -0.2) is 0 Å². The van der Waals surface area contributed by atoms with E-state index < -0.39 is 0 Å². The molecule has 0 aliphatic carbocycles. The van der Waals surface area contributed by atoms with Crippen molar-refractivity contribution in [2.24, 2.45) is 0 Å². The first-order valence-electron chi connectivity index (χ1n) is 12.9. The minimum absolute atomic E-state index is 0.884. The fraction of sp³-hybridized carbons (Fsp3) is 0. The summed E-state index contributed by atoms with van der Waals surface area (Å²) >= 11 is 0. The molecule has 0 aliphatic rings. The highest BCUT2D eigenvalue weighted by molar-refractivity contribution is 6.22. The number of furan rings is 1. The molecule has 7 aromatic carbocycles. The van der Waals surface area contributed by atoms with E-state index in [0.29, 0.717) is 0 Å². The Labute approximate surface area is 219 Å². The molecule has 2 heteroatoms. The van der Waals surface area contributed by atoms with Gasteiger partial charge in [0.15, 0.2) is 5.58 Å². The molecule has 0 radical (unpaired) electrons. The van der Waals surface area contributed by atoms with E-state index in [2.05, 4.69) is 127 Å². The average Bonchev–Trinajstić information content (AvgIpc) is 3.37. The van der Waals surface area contributed by atoms with E-state index in [1.54, 1.807) is 0 Å². The number of para-hydroxylation sites is 1. The smallest absolute Gasteiger partial charge is 0.159 e. The van der Waals surface area contributed by atoms with Crippen LogP contribution in [0.4, 0.5) is 11.4 Å². The van der Waals surface area contributed by atoms with Gasteiger partial charge in [-0.15, -0.1) is 0 Å². The Hall–Kier alpha value is -5.08. The molecule has 8 rings (SSSR count). The molecule has 1 aromatic heterocycles. The quantitative estimate of drug-likeness (QED) is 0.269. The highest BCUT2D eigenvalue weighted by Gasteiger charge is 2.15. The van der Waals surface area contributed by atoms with Crippen LogP contribution in [-0.4, -0.2) is 0 Å². The lowest BCUT2D eigenvalue weighted by Gasteiger charge is -2.11. The third-order valence-electron chi connectivity index (χ3n) is 7.57. The van der Waals surface area contributed by atoms with E-state index in [0.717, 1.165) is 33.3 Å². The van der Waals surface area contributed by atoms with Crippen LogP contribution in [0.5, 0.6) is 0 Å². The van der Waals surface area contributed by atoms with Gasteiger partial charge in [-0.2, -0.15) is 0 Å². The van der Waals surface area contributed by atoms with Gasteiger partial charge < -0.3 is 9.73 Å². The van der Waals surface area contributed by atoms with E-state index in [-0.39, 0.29) is 0 Å².